The van der Waals surface area contributed by atoms with Crippen LogP contribution >= 0.6 is 7.82 Å². The van der Waals surface area contributed by atoms with Crippen LogP contribution in [0.2, 0.25) is 0 Å². The van der Waals surface area contributed by atoms with Gasteiger partial charge in [0.2, 0.25) is 5.82 Å². The highest BCUT2D eigenvalue weighted by molar-refractivity contribution is 7.48. The topological polar surface area (TPSA) is 109 Å². The number of rotatable bonds is 3. The predicted octanol–water partition coefficient (Wildman–Crippen LogP) is 1.84. The van der Waals surface area contributed by atoms with Crippen LogP contribution in [-0.2, 0) is 22.9 Å². The average molecular weight is 390 g/mol. The van der Waals surface area contributed by atoms with Crippen molar-refractivity contribution in [3.63, 3.8) is 0 Å². The van der Waals surface area contributed by atoms with Gasteiger partial charge in [-0.15, -0.1) is 0 Å². The number of ether oxygens (including phenoxy) is 1. The van der Waals surface area contributed by atoms with Gasteiger partial charge in [-0.05, 0) is 12.8 Å². The van der Waals surface area contributed by atoms with Crippen LogP contribution < -0.4 is 11.2 Å². The van der Waals surface area contributed by atoms with Gasteiger partial charge in [-0.2, -0.15) is 4.39 Å². The lowest BCUT2D eigenvalue weighted by molar-refractivity contribution is -0.0778. The molecule has 4 rings (SSSR count). The van der Waals surface area contributed by atoms with Crippen molar-refractivity contribution in [1.82, 2.24) is 9.55 Å². The number of halogens is 1. The van der Waals surface area contributed by atoms with Gasteiger partial charge < -0.3 is 4.74 Å². The van der Waals surface area contributed by atoms with Gasteiger partial charge >= 0.3 is 13.5 Å². The lowest BCUT2D eigenvalue weighted by Crippen LogP contribution is -2.34. The molecule has 2 saturated heterocycles. The number of phosphoric acid groups is 1. The highest BCUT2D eigenvalue weighted by Crippen LogP contribution is 2.58. The van der Waals surface area contributed by atoms with Gasteiger partial charge in [-0.3, -0.25) is 27.9 Å². The average Bonchev–Trinajstić information content (AvgIpc) is 3.01. The van der Waals surface area contributed by atoms with E-state index in [4.69, 9.17) is 18.3 Å². The summed E-state index contributed by atoms with van der Waals surface area (Å²) in [5, 5.41) is 0. The van der Waals surface area contributed by atoms with Crippen molar-refractivity contribution in [3.8, 4) is 0 Å². The monoisotopic (exact) mass is 390 g/mol. The van der Waals surface area contributed by atoms with E-state index < -0.39 is 43.3 Å². The second kappa shape index (κ2) is 7.01. The zero-order valence-corrected chi connectivity index (χ0v) is 14.9. The summed E-state index contributed by atoms with van der Waals surface area (Å²) in [5.41, 5.74) is -1.88. The van der Waals surface area contributed by atoms with Crippen LogP contribution in [0.25, 0.3) is 0 Å². The Bertz CT molecular complexity index is 834. The first-order valence-electron chi connectivity index (χ1n) is 8.71. The van der Waals surface area contributed by atoms with Crippen LogP contribution in [0.15, 0.2) is 15.8 Å². The van der Waals surface area contributed by atoms with Crippen molar-refractivity contribution < 1.29 is 27.3 Å². The normalized spacial score (nSPS) is 35.3. The number of phosphoric ester groups is 1. The molecule has 0 spiro atoms. The number of aromatic amines is 1. The summed E-state index contributed by atoms with van der Waals surface area (Å²) >= 11 is 0. The summed E-state index contributed by atoms with van der Waals surface area (Å²) in [6, 6.07) is 0. The maximum absolute atomic E-state index is 13.5. The molecule has 0 amide bonds. The summed E-state index contributed by atoms with van der Waals surface area (Å²) in [7, 11) is -3.70. The van der Waals surface area contributed by atoms with Crippen LogP contribution in [0.1, 0.15) is 44.8 Å². The minimum Gasteiger partial charge on any atom is -0.349 e. The Morgan fingerprint density at radius 3 is 2.77 bits per heavy atom. The van der Waals surface area contributed by atoms with E-state index in [0.717, 1.165) is 42.9 Å². The lowest BCUT2D eigenvalue weighted by Gasteiger charge is -2.33. The molecule has 3 aliphatic rings. The highest BCUT2D eigenvalue weighted by Gasteiger charge is 2.48. The Morgan fingerprint density at radius 1 is 1.23 bits per heavy atom. The fourth-order valence-electron chi connectivity index (χ4n) is 3.58. The first-order valence-corrected chi connectivity index (χ1v) is 10.2. The Kier molecular flexibility index (Phi) is 4.87. The minimum absolute atomic E-state index is 0.00818. The smallest absolute Gasteiger partial charge is 0.349 e. The van der Waals surface area contributed by atoms with E-state index in [1.807, 2.05) is 4.98 Å². The summed E-state index contributed by atoms with van der Waals surface area (Å²) in [4.78, 5) is 24.9. The Hall–Kier alpha value is -1.32. The maximum atomic E-state index is 13.5. The van der Waals surface area contributed by atoms with E-state index in [1.54, 1.807) is 0 Å². The molecule has 1 saturated carbocycles. The molecule has 9 nitrogen and oxygen atoms in total. The maximum Gasteiger partial charge on any atom is 0.475 e. The van der Waals surface area contributed by atoms with E-state index in [0.29, 0.717) is 0 Å². The number of hydrogen-bond acceptors (Lipinski definition) is 7. The van der Waals surface area contributed by atoms with Crippen LogP contribution in [0, 0.1) is 5.82 Å². The third kappa shape index (κ3) is 3.57. The zero-order chi connectivity index (χ0) is 18.3. The third-order valence-electron chi connectivity index (χ3n) is 4.91. The van der Waals surface area contributed by atoms with E-state index >= 15 is 0 Å². The standard InChI is InChI=1S/C15H20FN2O7P/c16-10-7-18(15(20)17-14(10)19)13-6-11-12(23-13)8-22-26(21,25-11)24-9-4-2-1-3-5-9/h7,9,11-13H,1-6,8H2,(H,17,19,20)/t11-,12+,13+,26?/m0/s1. The van der Waals surface area contributed by atoms with Gasteiger partial charge in [0.05, 0.1) is 18.9 Å². The van der Waals surface area contributed by atoms with Crippen LogP contribution in [0.5, 0.6) is 0 Å². The molecule has 3 fully saturated rings. The quantitative estimate of drug-likeness (QED) is 0.785. The SMILES string of the molecule is O=c1[nH]c(=O)n([C@H]2C[C@@H]3OP(=O)(OC4CCCCC4)OC[C@H]3O2)cc1F. The summed E-state index contributed by atoms with van der Waals surface area (Å²) < 4.78 is 49.3. The van der Waals surface area contributed by atoms with Gasteiger partial charge in [-0.1, -0.05) is 19.3 Å². The zero-order valence-electron chi connectivity index (χ0n) is 14.0. The van der Waals surface area contributed by atoms with Gasteiger partial charge in [0, 0.05) is 6.42 Å². The fraction of sp³-hybridized carbons (Fsp3) is 0.733. The molecule has 0 aromatic carbocycles. The van der Waals surface area contributed by atoms with Crippen molar-refractivity contribution in [1.29, 1.82) is 0 Å². The number of fused-ring (bicyclic) bond motifs is 1. The van der Waals surface area contributed by atoms with Gasteiger partial charge in [0.15, 0.2) is 0 Å². The van der Waals surface area contributed by atoms with Crippen molar-refractivity contribution >= 4 is 7.82 Å². The van der Waals surface area contributed by atoms with Crippen LogP contribution in [0.3, 0.4) is 0 Å². The van der Waals surface area contributed by atoms with E-state index in [2.05, 4.69) is 0 Å². The predicted molar refractivity (Wildman–Crippen MR) is 86.2 cm³/mol. The molecule has 1 aromatic rings. The molecule has 26 heavy (non-hydrogen) atoms. The Labute approximate surface area is 148 Å². The molecule has 144 valence electrons. The van der Waals surface area contributed by atoms with Crippen LogP contribution in [-0.4, -0.2) is 34.5 Å². The molecular formula is C15H20FN2O7P. The molecule has 11 heteroatoms. The molecule has 0 bridgehead atoms. The number of aromatic nitrogens is 2. The summed E-state index contributed by atoms with van der Waals surface area (Å²) in [6.45, 7) is -0.00818. The molecule has 1 aromatic heterocycles. The second-order valence-electron chi connectivity index (χ2n) is 6.76. The minimum atomic E-state index is -3.70. The first-order chi connectivity index (χ1) is 12.4. The van der Waals surface area contributed by atoms with E-state index in [1.165, 1.54) is 0 Å². The second-order valence-corrected chi connectivity index (χ2v) is 8.34. The summed E-state index contributed by atoms with van der Waals surface area (Å²) in [6.07, 6.45) is 3.59. The molecule has 1 unspecified atom stereocenters. The van der Waals surface area contributed by atoms with Crippen molar-refractivity contribution in [3.05, 3.63) is 32.9 Å². The largest absolute Gasteiger partial charge is 0.475 e. The number of hydrogen-bond donors (Lipinski definition) is 1. The van der Waals surface area contributed by atoms with E-state index in [-0.39, 0.29) is 19.1 Å². The highest BCUT2D eigenvalue weighted by atomic mass is 31.2. The molecule has 1 N–H and O–H groups in total. The lowest BCUT2D eigenvalue weighted by atomic mass is 9.98. The van der Waals surface area contributed by atoms with Crippen molar-refractivity contribution in [2.75, 3.05) is 6.61 Å². The van der Waals surface area contributed by atoms with E-state index in [9.17, 15) is 18.5 Å². The van der Waals surface area contributed by atoms with Crippen molar-refractivity contribution in [2.24, 2.45) is 0 Å². The molecule has 4 atom stereocenters. The Balaban J connectivity index is 1.46. The third-order valence-corrected chi connectivity index (χ3v) is 6.46. The molecular weight excluding hydrogens is 370 g/mol. The molecule has 0 radical (unpaired) electrons. The molecule has 2 aliphatic heterocycles. The molecule has 1 aliphatic carbocycles. The number of nitrogens with one attached hydrogen (secondary N) is 1. The summed E-state index contributed by atoms with van der Waals surface area (Å²) in [5.74, 6) is -1.09. The molecule has 3 heterocycles. The fourth-order valence-corrected chi connectivity index (χ4v) is 5.21. The first kappa shape index (κ1) is 18.1. The van der Waals surface area contributed by atoms with Crippen molar-refractivity contribution in [2.45, 2.75) is 63.1 Å². The van der Waals surface area contributed by atoms with Gasteiger partial charge in [0.25, 0.3) is 5.56 Å². The van der Waals surface area contributed by atoms with Crippen LogP contribution in [0.4, 0.5) is 4.39 Å². The number of nitrogens with zero attached hydrogens (tertiary/aromatic N) is 1. The number of H-pyrrole nitrogens is 1. The van der Waals surface area contributed by atoms with Gasteiger partial charge in [0.1, 0.15) is 18.4 Å². The van der Waals surface area contributed by atoms with Gasteiger partial charge in [-0.25, -0.2) is 9.36 Å². The Morgan fingerprint density at radius 2 is 2.00 bits per heavy atom.